The van der Waals surface area contributed by atoms with E-state index in [0.717, 1.165) is 0 Å². The molecule has 96 valence electrons. The molecule has 0 bridgehead atoms. The second-order valence-corrected chi connectivity index (χ2v) is 4.77. The molecular formula is C17H16O2. The molecule has 19 heavy (non-hydrogen) atoms. The molecule has 0 spiro atoms. The Balaban J connectivity index is 2.02. The van der Waals surface area contributed by atoms with E-state index in [4.69, 9.17) is 4.74 Å². The van der Waals surface area contributed by atoms with Crippen molar-refractivity contribution in [3.8, 4) is 0 Å². The van der Waals surface area contributed by atoms with Gasteiger partial charge in [-0.3, -0.25) is 4.79 Å². The summed E-state index contributed by atoms with van der Waals surface area (Å²) >= 11 is 0. The molecule has 0 radical (unpaired) electrons. The Morgan fingerprint density at radius 1 is 1.21 bits per heavy atom. The second-order valence-electron chi connectivity index (χ2n) is 4.77. The Morgan fingerprint density at radius 3 is 2.79 bits per heavy atom. The molecule has 1 aliphatic rings. The molecule has 2 heteroatoms. The molecule has 2 aromatic carbocycles. The van der Waals surface area contributed by atoms with Gasteiger partial charge in [0.1, 0.15) is 0 Å². The third-order valence-electron chi connectivity index (χ3n) is 3.57. The van der Waals surface area contributed by atoms with Gasteiger partial charge in [0.2, 0.25) is 0 Å². The van der Waals surface area contributed by atoms with Crippen molar-refractivity contribution >= 4 is 22.8 Å². The van der Waals surface area contributed by atoms with Gasteiger partial charge >= 0.3 is 5.97 Å². The van der Waals surface area contributed by atoms with E-state index in [0.29, 0.717) is 13.0 Å². The number of ether oxygens (including phenoxy) is 1. The Kier molecular flexibility index (Phi) is 3.08. The number of carbonyl (C=O) groups excluding carboxylic acids is 1. The molecule has 1 unspecified atom stereocenters. The van der Waals surface area contributed by atoms with Crippen molar-refractivity contribution in [1.82, 2.24) is 0 Å². The molecule has 2 nitrogen and oxygen atoms in total. The predicted octanol–water partition coefficient (Wildman–Crippen LogP) is 3.90. The van der Waals surface area contributed by atoms with Gasteiger partial charge in [0, 0.05) is 5.92 Å². The van der Waals surface area contributed by atoms with E-state index in [2.05, 4.69) is 48.6 Å². The number of hydrogen-bond donors (Lipinski definition) is 0. The minimum atomic E-state index is -0.131. The largest absolute Gasteiger partial charge is 0.466 e. The van der Waals surface area contributed by atoms with Crippen LogP contribution in [-0.4, -0.2) is 12.6 Å². The number of esters is 1. The SMILES string of the molecule is CCOC(=O)CC1C=Cc2cccc3cccc1c23. The minimum absolute atomic E-state index is 0.123. The fourth-order valence-corrected chi connectivity index (χ4v) is 2.75. The third kappa shape index (κ3) is 2.14. The first-order chi connectivity index (χ1) is 9.29. The van der Waals surface area contributed by atoms with Crippen molar-refractivity contribution in [3.63, 3.8) is 0 Å². The van der Waals surface area contributed by atoms with Crippen molar-refractivity contribution in [2.75, 3.05) is 6.61 Å². The molecule has 0 aromatic heterocycles. The zero-order valence-electron chi connectivity index (χ0n) is 10.9. The van der Waals surface area contributed by atoms with Crippen LogP contribution in [-0.2, 0) is 9.53 Å². The zero-order chi connectivity index (χ0) is 13.2. The van der Waals surface area contributed by atoms with Gasteiger partial charge < -0.3 is 4.74 Å². The van der Waals surface area contributed by atoms with Crippen LogP contribution in [0.15, 0.2) is 42.5 Å². The van der Waals surface area contributed by atoms with Crippen LogP contribution < -0.4 is 0 Å². The van der Waals surface area contributed by atoms with Crippen LogP contribution in [0, 0.1) is 0 Å². The molecular weight excluding hydrogens is 236 g/mol. The van der Waals surface area contributed by atoms with Crippen LogP contribution in [0.2, 0.25) is 0 Å². The quantitative estimate of drug-likeness (QED) is 0.774. The first kappa shape index (κ1) is 12.0. The molecule has 0 heterocycles. The summed E-state index contributed by atoms with van der Waals surface area (Å²) < 4.78 is 5.06. The summed E-state index contributed by atoms with van der Waals surface area (Å²) in [5.41, 5.74) is 2.46. The lowest BCUT2D eigenvalue weighted by Gasteiger charge is -2.20. The lowest BCUT2D eigenvalue weighted by atomic mass is 9.84. The molecule has 1 atom stereocenters. The maximum absolute atomic E-state index is 11.7. The molecule has 0 N–H and O–H groups in total. The summed E-state index contributed by atoms with van der Waals surface area (Å²) in [4.78, 5) is 11.7. The van der Waals surface area contributed by atoms with Crippen molar-refractivity contribution < 1.29 is 9.53 Å². The standard InChI is InChI=1S/C17H16O2/c1-2-19-16(18)11-14-10-9-13-6-3-5-12-7-4-8-15(14)17(12)13/h3-10,14H,2,11H2,1H3. The topological polar surface area (TPSA) is 26.3 Å². The molecule has 0 aliphatic heterocycles. The zero-order valence-corrected chi connectivity index (χ0v) is 10.9. The van der Waals surface area contributed by atoms with Gasteiger partial charge in [0.25, 0.3) is 0 Å². The average molecular weight is 252 g/mol. The molecule has 0 fully saturated rings. The molecule has 3 rings (SSSR count). The van der Waals surface area contributed by atoms with Crippen molar-refractivity contribution in [1.29, 1.82) is 0 Å². The average Bonchev–Trinajstić information content (AvgIpc) is 2.43. The van der Waals surface area contributed by atoms with Gasteiger partial charge in [0.05, 0.1) is 13.0 Å². The summed E-state index contributed by atoms with van der Waals surface area (Å²) in [6.07, 6.45) is 4.63. The number of allylic oxidation sites excluding steroid dienone is 1. The Morgan fingerprint density at radius 2 is 2.00 bits per heavy atom. The van der Waals surface area contributed by atoms with Gasteiger partial charge in [-0.1, -0.05) is 48.6 Å². The lowest BCUT2D eigenvalue weighted by Crippen LogP contribution is -2.11. The summed E-state index contributed by atoms with van der Waals surface area (Å²) in [7, 11) is 0. The summed E-state index contributed by atoms with van der Waals surface area (Å²) in [5.74, 6) is -0.00816. The normalized spacial score (nSPS) is 16.6. The van der Waals surface area contributed by atoms with Crippen LogP contribution in [0.5, 0.6) is 0 Å². The predicted molar refractivity (Wildman–Crippen MR) is 77.0 cm³/mol. The first-order valence-corrected chi connectivity index (χ1v) is 6.65. The monoisotopic (exact) mass is 252 g/mol. The fraction of sp³-hybridized carbons (Fsp3) is 0.235. The fourth-order valence-electron chi connectivity index (χ4n) is 2.75. The van der Waals surface area contributed by atoms with E-state index < -0.39 is 0 Å². The van der Waals surface area contributed by atoms with Crippen LogP contribution >= 0.6 is 0 Å². The molecule has 0 saturated carbocycles. The van der Waals surface area contributed by atoms with Gasteiger partial charge in [0.15, 0.2) is 0 Å². The molecule has 2 aromatic rings. The Labute approximate surface area is 112 Å². The Hall–Kier alpha value is -2.09. The highest BCUT2D eigenvalue weighted by Crippen LogP contribution is 2.36. The summed E-state index contributed by atoms with van der Waals surface area (Å²) in [6.45, 7) is 2.28. The third-order valence-corrected chi connectivity index (χ3v) is 3.57. The number of rotatable bonds is 3. The van der Waals surface area contributed by atoms with Gasteiger partial charge in [-0.05, 0) is 28.8 Å². The second kappa shape index (κ2) is 4.88. The number of carbonyl (C=O) groups is 1. The highest BCUT2D eigenvalue weighted by molar-refractivity contribution is 5.96. The number of benzene rings is 2. The van der Waals surface area contributed by atoms with Gasteiger partial charge in [-0.15, -0.1) is 0 Å². The highest BCUT2D eigenvalue weighted by Gasteiger charge is 2.20. The van der Waals surface area contributed by atoms with Crippen LogP contribution in [0.4, 0.5) is 0 Å². The van der Waals surface area contributed by atoms with E-state index in [1.807, 2.05) is 6.92 Å². The van der Waals surface area contributed by atoms with Crippen LogP contribution in [0.3, 0.4) is 0 Å². The molecule has 0 amide bonds. The van der Waals surface area contributed by atoms with E-state index in [-0.39, 0.29) is 11.9 Å². The van der Waals surface area contributed by atoms with E-state index >= 15 is 0 Å². The smallest absolute Gasteiger partial charge is 0.306 e. The maximum atomic E-state index is 11.7. The summed E-state index contributed by atoms with van der Waals surface area (Å²) in [6, 6.07) is 12.6. The van der Waals surface area contributed by atoms with Crippen molar-refractivity contribution in [2.24, 2.45) is 0 Å². The molecule has 0 saturated heterocycles. The molecule has 1 aliphatic carbocycles. The minimum Gasteiger partial charge on any atom is -0.466 e. The van der Waals surface area contributed by atoms with E-state index in [9.17, 15) is 4.79 Å². The van der Waals surface area contributed by atoms with Crippen LogP contribution in [0.25, 0.3) is 16.8 Å². The van der Waals surface area contributed by atoms with Crippen LogP contribution in [0.1, 0.15) is 30.4 Å². The maximum Gasteiger partial charge on any atom is 0.306 e. The number of hydrogen-bond acceptors (Lipinski definition) is 2. The summed E-state index contributed by atoms with van der Waals surface area (Å²) in [5, 5.41) is 2.50. The Bertz CT molecular complexity index is 650. The first-order valence-electron chi connectivity index (χ1n) is 6.65. The van der Waals surface area contributed by atoms with Crippen molar-refractivity contribution in [3.05, 3.63) is 53.6 Å². The van der Waals surface area contributed by atoms with Crippen molar-refractivity contribution in [2.45, 2.75) is 19.3 Å². The van der Waals surface area contributed by atoms with Gasteiger partial charge in [-0.2, -0.15) is 0 Å². The van der Waals surface area contributed by atoms with E-state index in [1.165, 1.54) is 21.9 Å². The van der Waals surface area contributed by atoms with E-state index in [1.54, 1.807) is 0 Å². The van der Waals surface area contributed by atoms with Gasteiger partial charge in [-0.25, -0.2) is 0 Å². The lowest BCUT2D eigenvalue weighted by molar-refractivity contribution is -0.143. The highest BCUT2D eigenvalue weighted by atomic mass is 16.5.